The molecule has 0 aliphatic heterocycles. The molecule has 0 spiro atoms. The molecule has 86 heavy (non-hydrogen) atoms. The predicted molar refractivity (Wildman–Crippen MR) is 300 cm³/mol. The highest BCUT2D eigenvalue weighted by Gasteiger charge is 2.68. The zero-order valence-corrected chi connectivity index (χ0v) is 45.8. The molecule has 12 nitrogen and oxygen atoms in total. The van der Waals surface area contributed by atoms with Crippen molar-refractivity contribution < 1.29 is 83.6 Å². The number of alkyl halides is 6. The Kier molecular flexibility index (Phi) is 14.2. The molecule has 4 aliphatic carbocycles. The molecule has 0 saturated carbocycles. The van der Waals surface area contributed by atoms with Gasteiger partial charge in [0.05, 0.1) is 20.9 Å². The van der Waals surface area contributed by atoms with Crippen molar-refractivity contribution in [2.75, 3.05) is 0 Å². The van der Waals surface area contributed by atoms with Crippen LogP contribution >= 0.6 is 22.7 Å². The quantitative estimate of drug-likeness (QED) is 0.0252. The Morgan fingerprint density at radius 3 is 1.20 bits per heavy atom. The normalized spacial score (nSPS) is 16.1. The lowest BCUT2D eigenvalue weighted by atomic mass is 9.69. The molecule has 4 aliphatic rings. The van der Waals surface area contributed by atoms with E-state index in [9.17, 15) is 45.5 Å². The Balaban J connectivity index is 1.13. The molecule has 0 N–H and O–H groups in total. The number of halogens is 6. The van der Waals surface area contributed by atoms with Gasteiger partial charge in [-0.3, -0.25) is 38.4 Å². The molecule has 0 amide bonds. The number of thiophene rings is 2. The third kappa shape index (κ3) is 9.50. The van der Waals surface area contributed by atoms with Gasteiger partial charge in [0.15, 0.2) is 0 Å². The number of Topliss-reactive ketones (excluding diaryl/α,β-unsaturated/α-hetero) is 4. The molecule has 2 aromatic heterocycles. The first kappa shape index (κ1) is 56.6. The Morgan fingerprint density at radius 2 is 0.802 bits per heavy atom. The van der Waals surface area contributed by atoms with Crippen LogP contribution in [0.4, 0.5) is 26.3 Å². The van der Waals surface area contributed by atoms with Crippen LogP contribution in [-0.2, 0) is 97.3 Å². The summed E-state index contributed by atoms with van der Waals surface area (Å²) in [5, 5.41) is 0. The van der Waals surface area contributed by atoms with E-state index in [1.54, 1.807) is 121 Å². The minimum atomic E-state index is -4.94. The van der Waals surface area contributed by atoms with Crippen LogP contribution in [0.25, 0.3) is 33.1 Å². The molecule has 2 heterocycles. The molecule has 428 valence electrons. The monoisotopic (exact) mass is 1200 g/mol. The Labute approximate surface area is 491 Å². The molecule has 0 atom stereocenters. The summed E-state index contributed by atoms with van der Waals surface area (Å²) in [5.74, 6) is -10.4. The van der Waals surface area contributed by atoms with Crippen molar-refractivity contribution in [3.8, 4) is 9.75 Å². The highest BCUT2D eigenvalue weighted by molar-refractivity contribution is 7.24. The Morgan fingerprint density at radius 1 is 0.419 bits per heavy atom. The second-order valence-corrected chi connectivity index (χ2v) is 22.4. The van der Waals surface area contributed by atoms with Crippen molar-refractivity contribution in [1.29, 1.82) is 0 Å². The number of ketones is 4. The lowest BCUT2D eigenvalue weighted by molar-refractivity contribution is -0.167. The first-order chi connectivity index (χ1) is 41.2. The topological polar surface area (TPSA) is 173 Å². The molecule has 0 saturated heterocycles. The summed E-state index contributed by atoms with van der Waals surface area (Å²) in [5.41, 5.74) is -10.3. The van der Waals surface area contributed by atoms with E-state index in [1.807, 2.05) is 0 Å². The number of hydrogen-bond acceptors (Lipinski definition) is 14. The number of carbonyl (C=O) groups excluding carboxylic acids is 8. The first-order valence-corrected chi connectivity index (χ1v) is 27.8. The fourth-order valence-electron chi connectivity index (χ4n) is 11.0. The van der Waals surface area contributed by atoms with Gasteiger partial charge in [0.2, 0.25) is 34.0 Å². The van der Waals surface area contributed by atoms with Gasteiger partial charge in [-0.1, -0.05) is 133 Å². The summed E-state index contributed by atoms with van der Waals surface area (Å²) >= 11 is 1.70. The molecule has 6 aromatic carbocycles. The van der Waals surface area contributed by atoms with E-state index in [-0.39, 0.29) is 47.3 Å². The number of esters is 4. The molecule has 20 heteroatoms. The van der Waals surface area contributed by atoms with Crippen molar-refractivity contribution in [2.24, 2.45) is 0 Å². The third-order valence-corrected chi connectivity index (χ3v) is 17.5. The van der Waals surface area contributed by atoms with Gasteiger partial charge in [-0.2, -0.15) is 26.3 Å². The maximum atomic E-state index is 16.0. The lowest BCUT2D eigenvalue weighted by Gasteiger charge is -2.33. The summed E-state index contributed by atoms with van der Waals surface area (Å²) < 4.78 is 109. The van der Waals surface area contributed by atoms with E-state index in [0.717, 1.165) is 40.9 Å². The molecular formula is C66H38F6O12S2. The minimum absolute atomic E-state index is 0.0272. The van der Waals surface area contributed by atoms with Gasteiger partial charge in [-0.25, -0.2) is 0 Å². The van der Waals surface area contributed by atoms with Crippen LogP contribution in [0.2, 0.25) is 0 Å². The highest BCUT2D eigenvalue weighted by atomic mass is 32.1. The van der Waals surface area contributed by atoms with Crippen LogP contribution in [0.5, 0.6) is 0 Å². The van der Waals surface area contributed by atoms with Gasteiger partial charge in [0.1, 0.15) is 26.4 Å². The predicted octanol–water partition coefficient (Wildman–Crippen LogP) is 12.9. The van der Waals surface area contributed by atoms with Crippen molar-refractivity contribution in [2.45, 2.75) is 49.6 Å². The van der Waals surface area contributed by atoms with Gasteiger partial charge in [-0.05, 0) is 87.5 Å². The van der Waals surface area contributed by atoms with Crippen LogP contribution < -0.4 is 0 Å². The maximum Gasteiger partial charge on any atom is 0.416 e. The van der Waals surface area contributed by atoms with Crippen LogP contribution in [0.15, 0.2) is 175 Å². The van der Waals surface area contributed by atoms with Crippen LogP contribution in [-0.4, -0.2) is 47.0 Å². The fraction of sp³-hybridized carbons (Fsp3) is 0.121. The number of allylic oxidation sites excluding steroid dienone is 3. The summed E-state index contributed by atoms with van der Waals surface area (Å²) in [6, 6.07) is 38.7. The summed E-state index contributed by atoms with van der Waals surface area (Å²) in [7, 11) is 0. The summed E-state index contributed by atoms with van der Waals surface area (Å²) in [6.07, 6.45) is -6.30. The second kappa shape index (κ2) is 21.6. The van der Waals surface area contributed by atoms with E-state index < -0.39 is 136 Å². The number of carbonyl (C=O) groups is 8. The molecule has 0 bridgehead atoms. The lowest BCUT2D eigenvalue weighted by Crippen LogP contribution is -2.51. The number of benzene rings is 6. The average Bonchev–Trinajstić information content (AvgIpc) is 1.50. The SMILES string of the molecule is O=C1C(=O)c2cc(C(F)(F)F)ccc2/C1=C/C1=Cc2sc3c(c2C1(C(=O)OCc1ccccc1)C(=O)OCc1ccccc1)C(C(=O)OCc1ccccc1)(C(=O)OCc1ccccc1)c1cc(/C=C2\C(=O)C(=O)c4cc(C(F)(F)F)ccc42)sc1-3. The van der Waals surface area contributed by atoms with Gasteiger partial charge in [0, 0.05) is 48.7 Å². The maximum absolute atomic E-state index is 16.0. The van der Waals surface area contributed by atoms with Crippen LogP contribution in [0.1, 0.15) is 91.7 Å². The van der Waals surface area contributed by atoms with Crippen molar-refractivity contribution >= 4 is 93.0 Å². The molecular weight excluding hydrogens is 1160 g/mol. The third-order valence-electron chi connectivity index (χ3n) is 15.1. The fourth-order valence-corrected chi connectivity index (χ4v) is 13.7. The minimum Gasteiger partial charge on any atom is -0.459 e. The van der Waals surface area contributed by atoms with E-state index in [0.29, 0.717) is 46.5 Å². The highest BCUT2D eigenvalue weighted by Crippen LogP contribution is 2.64. The Bertz CT molecular complexity index is 4200. The second-order valence-electron chi connectivity index (χ2n) is 20.2. The Hall–Kier alpha value is -9.92. The van der Waals surface area contributed by atoms with E-state index in [1.165, 1.54) is 18.2 Å². The summed E-state index contributed by atoms with van der Waals surface area (Å²) in [6.45, 7) is -2.00. The zero-order valence-electron chi connectivity index (χ0n) is 44.1. The first-order valence-electron chi connectivity index (χ1n) is 26.1. The van der Waals surface area contributed by atoms with Crippen molar-refractivity contribution in [1.82, 2.24) is 0 Å². The molecule has 0 fully saturated rings. The van der Waals surface area contributed by atoms with Crippen molar-refractivity contribution in [3.63, 3.8) is 0 Å². The van der Waals surface area contributed by atoms with Crippen molar-refractivity contribution in [3.05, 3.63) is 258 Å². The molecule has 0 unspecified atom stereocenters. The standard InChI is InChI=1S/C66H38F6O12S2/c67-65(68,69)39-21-23-43-45(25-39)53(73)55(75)47(43)27-41-28-50-51(63(41,59(77)81-31-35-13-5-1-6-14-35)60(78)82-32-36-15-7-2-8-16-36)52-58(86-50)57-49(30-42(85-57)29-48-44-24-22-40(66(70,71)72)26-46(44)54(74)56(48)76)64(52,61(79)83-33-37-17-9-3-10-18-37)62(80)84-34-38-19-11-4-12-20-38/h1-30H,31-34H2/b47-27-,48-29-. The van der Waals surface area contributed by atoms with E-state index in [2.05, 4.69) is 0 Å². The van der Waals surface area contributed by atoms with Gasteiger partial charge < -0.3 is 18.9 Å². The smallest absolute Gasteiger partial charge is 0.416 e. The number of fused-ring (bicyclic) bond motifs is 7. The van der Waals surface area contributed by atoms with E-state index >= 15 is 19.2 Å². The largest absolute Gasteiger partial charge is 0.459 e. The van der Waals surface area contributed by atoms with Gasteiger partial charge >= 0.3 is 36.2 Å². The summed E-state index contributed by atoms with van der Waals surface area (Å²) in [4.78, 5) is 119. The van der Waals surface area contributed by atoms with Crippen LogP contribution in [0.3, 0.4) is 0 Å². The van der Waals surface area contributed by atoms with Crippen LogP contribution in [0, 0.1) is 0 Å². The number of rotatable bonds is 14. The average molecular weight is 1200 g/mol. The number of ether oxygens (including phenoxy) is 4. The van der Waals surface area contributed by atoms with E-state index in [4.69, 9.17) is 18.9 Å². The van der Waals surface area contributed by atoms with Gasteiger partial charge in [-0.15, -0.1) is 22.7 Å². The molecule has 8 aromatic rings. The number of hydrogen-bond donors (Lipinski definition) is 0. The zero-order chi connectivity index (χ0) is 60.5. The molecule has 0 radical (unpaired) electrons. The molecule has 12 rings (SSSR count). The van der Waals surface area contributed by atoms with Gasteiger partial charge in [0.25, 0.3) is 0 Å².